The molecule has 116 valence electrons. The van der Waals surface area contributed by atoms with Gasteiger partial charge in [-0.15, -0.1) is 0 Å². The number of allylic oxidation sites excluding steroid dienone is 1. The third kappa shape index (κ3) is 8.98. The minimum atomic E-state index is -1.02. The number of rotatable bonds is 11. The van der Waals surface area contributed by atoms with Gasteiger partial charge in [0.25, 0.3) is 0 Å². The zero-order chi connectivity index (χ0) is 15.4. The van der Waals surface area contributed by atoms with Crippen molar-refractivity contribution >= 4 is 24.5 Å². The Morgan fingerprint density at radius 1 is 1.40 bits per heavy atom. The van der Waals surface area contributed by atoms with Crippen molar-refractivity contribution in [2.24, 2.45) is 5.92 Å². The molecule has 0 aliphatic rings. The Labute approximate surface area is 125 Å². The van der Waals surface area contributed by atoms with Crippen LogP contribution in [0.4, 0.5) is 0 Å². The first kappa shape index (κ1) is 19.0. The van der Waals surface area contributed by atoms with Crippen molar-refractivity contribution in [1.82, 2.24) is 5.32 Å². The number of carbonyl (C=O) groups excluding carboxylic acids is 1. The van der Waals surface area contributed by atoms with E-state index in [4.69, 9.17) is 5.11 Å². The number of thiol groups is 1. The first-order valence-electron chi connectivity index (χ1n) is 6.95. The number of aliphatic carboxylic acids is 1. The van der Waals surface area contributed by atoms with Crippen molar-refractivity contribution in [3.05, 3.63) is 12.2 Å². The molecular weight excluding hydrogens is 278 g/mol. The number of hydrogen-bond donors (Lipinski definition) is 4. The van der Waals surface area contributed by atoms with Crippen molar-refractivity contribution in [1.29, 1.82) is 0 Å². The SMILES string of the molecule is CCCC[C@H](NC(=O)CC(/C=C/CCS)CO)C(=O)O. The summed E-state index contributed by atoms with van der Waals surface area (Å²) in [6.45, 7) is 1.83. The molecule has 0 heterocycles. The summed E-state index contributed by atoms with van der Waals surface area (Å²) in [5.41, 5.74) is 0. The maximum Gasteiger partial charge on any atom is 0.326 e. The van der Waals surface area contributed by atoms with Crippen molar-refractivity contribution in [3.8, 4) is 0 Å². The summed E-state index contributed by atoms with van der Waals surface area (Å²) in [5, 5.41) is 20.7. The Morgan fingerprint density at radius 2 is 2.10 bits per heavy atom. The van der Waals surface area contributed by atoms with Crippen molar-refractivity contribution in [2.75, 3.05) is 12.4 Å². The number of carbonyl (C=O) groups is 2. The molecule has 0 aromatic carbocycles. The highest BCUT2D eigenvalue weighted by atomic mass is 32.1. The molecule has 1 unspecified atom stereocenters. The van der Waals surface area contributed by atoms with Crippen LogP contribution in [0, 0.1) is 5.92 Å². The highest BCUT2D eigenvalue weighted by Gasteiger charge is 2.20. The van der Waals surface area contributed by atoms with E-state index in [1.54, 1.807) is 6.08 Å². The van der Waals surface area contributed by atoms with Gasteiger partial charge in [0.2, 0.25) is 5.91 Å². The molecule has 5 nitrogen and oxygen atoms in total. The van der Waals surface area contributed by atoms with E-state index in [1.165, 1.54) is 0 Å². The predicted octanol–water partition coefficient (Wildman–Crippen LogP) is 1.62. The van der Waals surface area contributed by atoms with E-state index in [1.807, 2.05) is 13.0 Å². The molecule has 0 saturated carbocycles. The fourth-order valence-corrected chi connectivity index (χ4v) is 1.86. The van der Waals surface area contributed by atoms with Gasteiger partial charge in [-0.3, -0.25) is 4.79 Å². The molecule has 0 spiro atoms. The van der Waals surface area contributed by atoms with Gasteiger partial charge in [0.05, 0.1) is 0 Å². The van der Waals surface area contributed by atoms with Crippen LogP contribution < -0.4 is 5.32 Å². The quantitative estimate of drug-likeness (QED) is 0.345. The van der Waals surface area contributed by atoms with Gasteiger partial charge in [0, 0.05) is 18.9 Å². The molecule has 0 bridgehead atoms. The molecule has 0 radical (unpaired) electrons. The largest absolute Gasteiger partial charge is 0.480 e. The van der Waals surface area contributed by atoms with E-state index in [2.05, 4.69) is 17.9 Å². The number of aliphatic hydroxyl groups excluding tert-OH is 1. The number of carboxylic acids is 1. The van der Waals surface area contributed by atoms with E-state index in [9.17, 15) is 14.7 Å². The fraction of sp³-hybridized carbons (Fsp3) is 0.714. The summed E-state index contributed by atoms with van der Waals surface area (Å²) in [7, 11) is 0. The van der Waals surface area contributed by atoms with Crippen molar-refractivity contribution < 1.29 is 19.8 Å². The first-order valence-corrected chi connectivity index (χ1v) is 7.58. The van der Waals surface area contributed by atoms with E-state index < -0.39 is 12.0 Å². The number of nitrogens with one attached hydrogen (secondary N) is 1. The second-order valence-electron chi connectivity index (χ2n) is 4.69. The van der Waals surface area contributed by atoms with Gasteiger partial charge in [0.15, 0.2) is 0 Å². The summed E-state index contributed by atoms with van der Waals surface area (Å²) < 4.78 is 0. The number of amides is 1. The smallest absolute Gasteiger partial charge is 0.326 e. The van der Waals surface area contributed by atoms with Crippen LogP contribution >= 0.6 is 12.6 Å². The molecule has 0 aliphatic carbocycles. The maximum absolute atomic E-state index is 11.8. The molecular formula is C14H25NO4S. The normalized spacial score (nSPS) is 14.2. The Bertz CT molecular complexity index is 320. The average molecular weight is 303 g/mol. The fourth-order valence-electron chi connectivity index (χ4n) is 1.71. The Balaban J connectivity index is 4.30. The summed E-state index contributed by atoms with van der Waals surface area (Å²) in [6.07, 6.45) is 6.57. The highest BCUT2D eigenvalue weighted by Crippen LogP contribution is 2.07. The lowest BCUT2D eigenvalue weighted by molar-refractivity contribution is -0.142. The lowest BCUT2D eigenvalue weighted by atomic mass is 10.0. The summed E-state index contributed by atoms with van der Waals surface area (Å²) in [5.74, 6) is -0.935. The molecule has 20 heavy (non-hydrogen) atoms. The van der Waals surface area contributed by atoms with Gasteiger partial charge >= 0.3 is 5.97 Å². The molecule has 0 saturated heterocycles. The second kappa shape index (κ2) is 11.8. The van der Waals surface area contributed by atoms with Gasteiger partial charge in [0.1, 0.15) is 6.04 Å². The Kier molecular flexibility index (Phi) is 11.2. The third-order valence-corrected chi connectivity index (χ3v) is 3.12. The zero-order valence-electron chi connectivity index (χ0n) is 11.9. The minimum absolute atomic E-state index is 0.0927. The van der Waals surface area contributed by atoms with Crippen molar-refractivity contribution in [3.63, 3.8) is 0 Å². The lowest BCUT2D eigenvalue weighted by Crippen LogP contribution is -2.41. The summed E-state index contributed by atoms with van der Waals surface area (Å²) in [4.78, 5) is 22.8. The average Bonchev–Trinajstić information content (AvgIpc) is 2.42. The van der Waals surface area contributed by atoms with Crippen LogP contribution in [0.15, 0.2) is 12.2 Å². The lowest BCUT2D eigenvalue weighted by Gasteiger charge is -2.16. The van der Waals surface area contributed by atoms with Crippen LogP contribution in [0.25, 0.3) is 0 Å². The molecule has 3 N–H and O–H groups in total. The Morgan fingerprint density at radius 3 is 2.60 bits per heavy atom. The first-order chi connectivity index (χ1) is 9.54. The topological polar surface area (TPSA) is 86.6 Å². The van der Waals surface area contributed by atoms with Gasteiger partial charge in [-0.25, -0.2) is 4.79 Å². The third-order valence-electron chi connectivity index (χ3n) is 2.87. The van der Waals surface area contributed by atoms with E-state index >= 15 is 0 Å². The van der Waals surface area contributed by atoms with Crippen molar-refractivity contribution in [2.45, 2.75) is 45.1 Å². The summed E-state index contributed by atoms with van der Waals surface area (Å²) in [6, 6.07) is -0.844. The second-order valence-corrected chi connectivity index (χ2v) is 5.13. The molecule has 0 aromatic heterocycles. The van der Waals surface area contributed by atoms with Crippen LogP contribution in [0.1, 0.15) is 39.0 Å². The monoisotopic (exact) mass is 303 g/mol. The predicted molar refractivity (Wildman–Crippen MR) is 81.9 cm³/mol. The molecule has 2 atom stereocenters. The van der Waals surface area contributed by atoms with Crippen LogP contribution in [-0.4, -0.2) is 40.5 Å². The van der Waals surface area contributed by atoms with Crippen LogP contribution in [0.2, 0.25) is 0 Å². The van der Waals surface area contributed by atoms with E-state index in [0.29, 0.717) is 12.2 Å². The Hall–Kier alpha value is -1.01. The van der Waals surface area contributed by atoms with E-state index in [0.717, 1.165) is 19.3 Å². The number of aliphatic hydroxyl groups is 1. The maximum atomic E-state index is 11.8. The zero-order valence-corrected chi connectivity index (χ0v) is 12.8. The number of hydrogen-bond acceptors (Lipinski definition) is 4. The molecule has 1 amide bonds. The van der Waals surface area contributed by atoms with Crippen LogP contribution in [-0.2, 0) is 9.59 Å². The highest BCUT2D eigenvalue weighted by molar-refractivity contribution is 7.80. The van der Waals surface area contributed by atoms with E-state index in [-0.39, 0.29) is 24.9 Å². The standard InChI is InChI=1S/C14H25NO4S/c1-2-3-7-12(14(18)19)15-13(17)9-11(10-16)6-4-5-8-20/h4,6,11-12,16,20H,2-3,5,7-10H2,1H3,(H,15,17)(H,18,19)/b6-4+/t11?,12-/m0/s1. The molecule has 0 aliphatic heterocycles. The summed E-state index contributed by atoms with van der Waals surface area (Å²) >= 11 is 4.06. The number of carboxylic acid groups (broad SMARTS) is 1. The van der Waals surface area contributed by atoms with Gasteiger partial charge in [-0.05, 0) is 18.6 Å². The number of unbranched alkanes of at least 4 members (excludes halogenated alkanes) is 1. The van der Waals surface area contributed by atoms with Gasteiger partial charge in [-0.1, -0.05) is 31.9 Å². The van der Waals surface area contributed by atoms with Crippen LogP contribution in [0.5, 0.6) is 0 Å². The molecule has 0 fully saturated rings. The molecule has 0 aromatic rings. The minimum Gasteiger partial charge on any atom is -0.480 e. The molecule has 6 heteroatoms. The van der Waals surface area contributed by atoms with Gasteiger partial charge in [-0.2, -0.15) is 12.6 Å². The van der Waals surface area contributed by atoms with Gasteiger partial charge < -0.3 is 15.5 Å². The molecule has 0 rings (SSSR count). The van der Waals surface area contributed by atoms with Crippen LogP contribution in [0.3, 0.4) is 0 Å².